The number of ether oxygens (including phenoxy) is 1. The van der Waals surface area contributed by atoms with Gasteiger partial charge in [-0.2, -0.15) is 13.2 Å². The van der Waals surface area contributed by atoms with Gasteiger partial charge in [0.1, 0.15) is 17.9 Å². The number of hydrogen-bond acceptors (Lipinski definition) is 6. The summed E-state index contributed by atoms with van der Waals surface area (Å²) >= 11 is 5.84. The third-order valence-corrected chi connectivity index (χ3v) is 4.79. The number of halogens is 5. The highest BCUT2D eigenvalue weighted by Gasteiger charge is 2.31. The Morgan fingerprint density at radius 3 is 2.65 bits per heavy atom. The maximum absolute atomic E-state index is 12.7. The van der Waals surface area contributed by atoms with Gasteiger partial charge in [-0.15, -0.1) is 24.0 Å². The van der Waals surface area contributed by atoms with Crippen LogP contribution in [0.2, 0.25) is 5.02 Å². The van der Waals surface area contributed by atoms with Gasteiger partial charge in [-0.3, -0.25) is 9.89 Å². The van der Waals surface area contributed by atoms with Gasteiger partial charge in [0.2, 0.25) is 5.88 Å². The van der Waals surface area contributed by atoms with E-state index in [-0.39, 0.29) is 41.5 Å². The van der Waals surface area contributed by atoms with E-state index in [2.05, 4.69) is 30.2 Å². The fourth-order valence-corrected chi connectivity index (χ4v) is 3.22. The Balaban J connectivity index is 0.00000341. The fourth-order valence-electron chi connectivity index (χ4n) is 3.00. The molecule has 2 aromatic heterocycles. The molecule has 2 aromatic rings. The van der Waals surface area contributed by atoms with Gasteiger partial charge in [0.15, 0.2) is 5.96 Å². The van der Waals surface area contributed by atoms with Gasteiger partial charge in [-0.25, -0.2) is 4.98 Å². The standard InChI is InChI=1S/C18H22ClF3N6O2.HI/c1-23-17(28-6-4-27(5-7-28)12-14-2-8-30-26-14)24-3-9-29-16-15(19)10-13(11-25-16)18(20,21)22;/h2,8,10-11H,3-7,9,12H2,1H3,(H,23,24);1H. The monoisotopic (exact) mass is 574 g/mol. The summed E-state index contributed by atoms with van der Waals surface area (Å²) in [6, 6.07) is 2.65. The van der Waals surface area contributed by atoms with Crippen LogP contribution in [0.3, 0.4) is 0 Å². The molecular weight excluding hydrogens is 552 g/mol. The van der Waals surface area contributed by atoms with E-state index in [0.29, 0.717) is 12.7 Å². The second-order valence-corrected chi connectivity index (χ2v) is 6.99. The molecule has 0 aromatic carbocycles. The summed E-state index contributed by atoms with van der Waals surface area (Å²) < 4.78 is 48.2. The second-order valence-electron chi connectivity index (χ2n) is 6.59. The fraction of sp³-hybridized carbons (Fsp3) is 0.500. The van der Waals surface area contributed by atoms with E-state index in [4.69, 9.17) is 20.9 Å². The molecule has 3 heterocycles. The highest BCUT2D eigenvalue weighted by Crippen LogP contribution is 2.32. The number of pyridine rings is 1. The Bertz CT molecular complexity index is 845. The third-order valence-electron chi connectivity index (χ3n) is 4.52. The minimum Gasteiger partial charge on any atom is -0.475 e. The highest BCUT2D eigenvalue weighted by molar-refractivity contribution is 14.0. The van der Waals surface area contributed by atoms with Gasteiger partial charge >= 0.3 is 6.18 Å². The highest BCUT2D eigenvalue weighted by atomic mass is 127. The van der Waals surface area contributed by atoms with E-state index in [9.17, 15) is 13.2 Å². The number of guanidine groups is 1. The van der Waals surface area contributed by atoms with Crippen LogP contribution in [0, 0.1) is 0 Å². The van der Waals surface area contributed by atoms with Crippen molar-refractivity contribution in [1.29, 1.82) is 0 Å². The van der Waals surface area contributed by atoms with Crippen LogP contribution >= 0.6 is 35.6 Å². The lowest BCUT2D eigenvalue weighted by Crippen LogP contribution is -2.52. The van der Waals surface area contributed by atoms with Gasteiger partial charge in [0.25, 0.3) is 0 Å². The lowest BCUT2D eigenvalue weighted by Gasteiger charge is -2.36. The lowest BCUT2D eigenvalue weighted by molar-refractivity contribution is -0.137. The van der Waals surface area contributed by atoms with Crippen LogP contribution < -0.4 is 10.1 Å². The maximum Gasteiger partial charge on any atom is 0.417 e. The van der Waals surface area contributed by atoms with Crippen LogP contribution in [0.1, 0.15) is 11.3 Å². The molecule has 0 saturated carbocycles. The molecule has 8 nitrogen and oxygen atoms in total. The quantitative estimate of drug-likeness (QED) is 0.246. The van der Waals surface area contributed by atoms with Gasteiger partial charge < -0.3 is 19.5 Å². The van der Waals surface area contributed by atoms with Crippen molar-refractivity contribution in [3.05, 3.63) is 40.9 Å². The molecule has 0 atom stereocenters. The zero-order chi connectivity index (χ0) is 21.6. The molecule has 0 bridgehead atoms. The number of aliphatic imine (C=N–C) groups is 1. The first kappa shape index (κ1) is 25.5. The molecule has 1 N–H and O–H groups in total. The molecule has 0 spiro atoms. The van der Waals surface area contributed by atoms with E-state index in [1.54, 1.807) is 13.3 Å². The van der Waals surface area contributed by atoms with E-state index < -0.39 is 11.7 Å². The molecule has 0 radical (unpaired) electrons. The maximum atomic E-state index is 12.7. The number of nitrogens with one attached hydrogen (secondary N) is 1. The Labute approximate surface area is 199 Å². The van der Waals surface area contributed by atoms with Gasteiger partial charge in [-0.1, -0.05) is 16.8 Å². The number of alkyl halides is 3. The Morgan fingerprint density at radius 1 is 1.32 bits per heavy atom. The molecule has 0 amide bonds. The molecular formula is C18H23ClF3IN6O2. The molecule has 1 aliphatic heterocycles. The molecule has 31 heavy (non-hydrogen) atoms. The summed E-state index contributed by atoms with van der Waals surface area (Å²) in [6.07, 6.45) is -2.23. The number of rotatable bonds is 6. The van der Waals surface area contributed by atoms with E-state index in [1.165, 1.54) is 0 Å². The van der Waals surface area contributed by atoms with Crippen molar-refractivity contribution in [1.82, 2.24) is 25.3 Å². The Morgan fingerprint density at radius 2 is 2.06 bits per heavy atom. The van der Waals surface area contributed by atoms with Crippen molar-refractivity contribution in [3.63, 3.8) is 0 Å². The van der Waals surface area contributed by atoms with Gasteiger partial charge in [-0.05, 0) is 6.07 Å². The molecule has 172 valence electrons. The van der Waals surface area contributed by atoms with Crippen LogP contribution in [0.4, 0.5) is 13.2 Å². The number of hydrogen-bond donors (Lipinski definition) is 1. The van der Waals surface area contributed by atoms with E-state index >= 15 is 0 Å². The van der Waals surface area contributed by atoms with Crippen molar-refractivity contribution < 1.29 is 22.4 Å². The minimum atomic E-state index is -4.50. The average Bonchev–Trinajstić information content (AvgIpc) is 3.22. The van der Waals surface area contributed by atoms with Crippen molar-refractivity contribution in [2.24, 2.45) is 4.99 Å². The van der Waals surface area contributed by atoms with Gasteiger partial charge in [0.05, 0.1) is 17.8 Å². The first-order valence-corrected chi connectivity index (χ1v) is 9.67. The molecule has 1 fully saturated rings. The summed E-state index contributed by atoms with van der Waals surface area (Å²) in [7, 11) is 1.69. The largest absolute Gasteiger partial charge is 0.475 e. The normalized spacial score (nSPS) is 15.5. The number of piperazine rings is 1. The summed E-state index contributed by atoms with van der Waals surface area (Å²) in [4.78, 5) is 12.3. The topological polar surface area (TPSA) is 79.0 Å². The number of nitrogens with zero attached hydrogens (tertiary/aromatic N) is 5. The molecule has 3 rings (SSSR count). The van der Waals surface area contributed by atoms with Crippen molar-refractivity contribution >= 4 is 41.5 Å². The Hall–Kier alpha value is -1.80. The van der Waals surface area contributed by atoms with Crippen LogP contribution in [0.5, 0.6) is 5.88 Å². The molecule has 0 aliphatic carbocycles. The minimum absolute atomic E-state index is 0. The zero-order valence-electron chi connectivity index (χ0n) is 16.7. The van der Waals surface area contributed by atoms with Gasteiger partial charge in [0, 0.05) is 52.0 Å². The van der Waals surface area contributed by atoms with Crippen LogP contribution in [-0.4, -0.2) is 72.3 Å². The smallest absolute Gasteiger partial charge is 0.417 e. The summed E-state index contributed by atoms with van der Waals surface area (Å²) in [6.45, 7) is 4.61. The Kier molecular flexibility index (Phi) is 9.62. The van der Waals surface area contributed by atoms with Crippen LogP contribution in [0.15, 0.2) is 34.1 Å². The predicted octanol–water partition coefficient (Wildman–Crippen LogP) is 3.13. The van der Waals surface area contributed by atoms with Crippen LogP contribution in [-0.2, 0) is 12.7 Å². The number of aromatic nitrogens is 2. The molecule has 0 unspecified atom stereocenters. The average molecular weight is 575 g/mol. The second kappa shape index (κ2) is 11.7. The zero-order valence-corrected chi connectivity index (χ0v) is 19.8. The van der Waals surface area contributed by atoms with Crippen LogP contribution in [0.25, 0.3) is 0 Å². The predicted molar refractivity (Wildman–Crippen MR) is 120 cm³/mol. The lowest BCUT2D eigenvalue weighted by atomic mass is 10.3. The first-order chi connectivity index (χ1) is 14.4. The van der Waals surface area contributed by atoms with Crippen molar-refractivity contribution in [2.45, 2.75) is 12.7 Å². The first-order valence-electron chi connectivity index (χ1n) is 9.29. The summed E-state index contributed by atoms with van der Waals surface area (Å²) in [5.41, 5.74) is -0.0142. The third kappa shape index (κ3) is 7.38. The van der Waals surface area contributed by atoms with Crippen molar-refractivity contribution in [2.75, 3.05) is 46.4 Å². The molecule has 1 saturated heterocycles. The van der Waals surface area contributed by atoms with Crippen molar-refractivity contribution in [3.8, 4) is 5.88 Å². The molecule has 13 heteroatoms. The SMILES string of the molecule is CN=C(NCCOc1ncc(C(F)(F)F)cc1Cl)N1CCN(Cc2ccon2)CC1.I. The van der Waals surface area contributed by atoms with E-state index in [1.807, 2.05) is 6.07 Å². The summed E-state index contributed by atoms with van der Waals surface area (Å²) in [5.74, 6) is 0.689. The molecule has 1 aliphatic rings. The summed E-state index contributed by atoms with van der Waals surface area (Å²) in [5, 5.41) is 6.92. The van der Waals surface area contributed by atoms with E-state index in [0.717, 1.165) is 50.4 Å².